The molecule has 1 saturated heterocycles. The van der Waals surface area contributed by atoms with Gasteiger partial charge < -0.3 is 9.80 Å². The molecule has 1 amide bonds. The molecule has 7 heteroatoms. The third-order valence-electron chi connectivity index (χ3n) is 3.93. The fourth-order valence-electron chi connectivity index (χ4n) is 2.59. The van der Waals surface area contributed by atoms with Crippen LogP contribution in [0.5, 0.6) is 0 Å². The molecule has 122 valence electrons. The summed E-state index contributed by atoms with van der Waals surface area (Å²) in [6.07, 6.45) is 1.22. The van der Waals surface area contributed by atoms with E-state index in [4.69, 9.17) is 0 Å². The van der Waals surface area contributed by atoms with Crippen molar-refractivity contribution in [1.29, 1.82) is 0 Å². The van der Waals surface area contributed by atoms with Gasteiger partial charge in [-0.2, -0.15) is 0 Å². The number of rotatable bonds is 4. The van der Waals surface area contributed by atoms with Gasteiger partial charge in [-0.15, -0.1) is 10.2 Å². The Bertz CT molecular complexity index is 665. The molecule has 0 saturated carbocycles. The Balaban J connectivity index is 1.59. The monoisotopic (exact) mass is 334 g/mol. The Labute approximate surface area is 138 Å². The van der Waals surface area contributed by atoms with Crippen LogP contribution in [0.15, 0.2) is 24.3 Å². The third-order valence-corrected chi connectivity index (χ3v) is 4.91. The summed E-state index contributed by atoms with van der Waals surface area (Å²) in [5, 5.41) is 10.3. The van der Waals surface area contributed by atoms with E-state index >= 15 is 0 Å². The standard InChI is InChI=1S/C16H19FN4OS/c1-2-15(22)20-7-9-21(10-8-20)16-19-18-14(23-16)11-12-3-5-13(17)6-4-12/h3-6H,2,7-11H2,1H3. The summed E-state index contributed by atoms with van der Waals surface area (Å²) in [5.41, 5.74) is 1.02. The Morgan fingerprint density at radius 1 is 1.17 bits per heavy atom. The Hall–Kier alpha value is -2.02. The number of anilines is 1. The number of hydrogen-bond acceptors (Lipinski definition) is 5. The summed E-state index contributed by atoms with van der Waals surface area (Å²) in [6.45, 7) is 4.94. The van der Waals surface area contributed by atoms with E-state index in [1.54, 1.807) is 23.5 Å². The second-order valence-corrected chi connectivity index (χ2v) is 6.54. The topological polar surface area (TPSA) is 49.3 Å². The molecule has 1 aromatic carbocycles. The van der Waals surface area contributed by atoms with Crippen molar-refractivity contribution in [3.8, 4) is 0 Å². The fraction of sp³-hybridized carbons (Fsp3) is 0.438. The van der Waals surface area contributed by atoms with Gasteiger partial charge in [0, 0.05) is 39.0 Å². The van der Waals surface area contributed by atoms with E-state index in [0.717, 1.165) is 41.9 Å². The SMILES string of the molecule is CCC(=O)N1CCN(c2nnc(Cc3ccc(F)cc3)s2)CC1. The van der Waals surface area contributed by atoms with Crippen LogP contribution in [0, 0.1) is 5.82 Å². The van der Waals surface area contributed by atoms with Crippen molar-refractivity contribution in [3.05, 3.63) is 40.7 Å². The molecule has 0 aliphatic carbocycles. The lowest BCUT2D eigenvalue weighted by Gasteiger charge is -2.34. The molecule has 23 heavy (non-hydrogen) atoms. The van der Waals surface area contributed by atoms with Crippen LogP contribution in [-0.2, 0) is 11.2 Å². The van der Waals surface area contributed by atoms with Crippen molar-refractivity contribution >= 4 is 22.4 Å². The molecule has 0 unspecified atom stereocenters. The molecule has 5 nitrogen and oxygen atoms in total. The predicted molar refractivity (Wildman–Crippen MR) is 88.2 cm³/mol. The van der Waals surface area contributed by atoms with Gasteiger partial charge in [-0.05, 0) is 17.7 Å². The largest absolute Gasteiger partial charge is 0.343 e. The van der Waals surface area contributed by atoms with E-state index < -0.39 is 0 Å². The molecule has 1 aromatic heterocycles. The number of halogens is 1. The zero-order chi connectivity index (χ0) is 16.2. The Morgan fingerprint density at radius 2 is 1.87 bits per heavy atom. The van der Waals surface area contributed by atoms with Crippen LogP contribution in [0.25, 0.3) is 0 Å². The molecule has 0 N–H and O–H groups in total. The van der Waals surface area contributed by atoms with Crippen LogP contribution in [0.4, 0.5) is 9.52 Å². The molecule has 0 atom stereocenters. The van der Waals surface area contributed by atoms with Crippen LogP contribution in [0.3, 0.4) is 0 Å². The highest BCUT2D eigenvalue weighted by atomic mass is 32.1. The van der Waals surface area contributed by atoms with Crippen molar-refractivity contribution in [1.82, 2.24) is 15.1 Å². The van der Waals surface area contributed by atoms with Crippen LogP contribution in [0.1, 0.15) is 23.9 Å². The third kappa shape index (κ3) is 3.85. The fourth-order valence-corrected chi connectivity index (χ4v) is 3.52. The summed E-state index contributed by atoms with van der Waals surface area (Å²) in [7, 11) is 0. The zero-order valence-corrected chi connectivity index (χ0v) is 13.9. The average Bonchev–Trinajstić information content (AvgIpc) is 3.05. The van der Waals surface area contributed by atoms with Gasteiger partial charge in [-0.3, -0.25) is 4.79 Å². The second-order valence-electron chi connectivity index (χ2n) is 5.50. The van der Waals surface area contributed by atoms with Gasteiger partial charge >= 0.3 is 0 Å². The minimum Gasteiger partial charge on any atom is -0.343 e. The number of carbonyl (C=O) groups excluding carboxylic acids is 1. The smallest absolute Gasteiger partial charge is 0.222 e. The van der Waals surface area contributed by atoms with E-state index in [1.807, 2.05) is 11.8 Å². The summed E-state index contributed by atoms with van der Waals surface area (Å²) in [6, 6.07) is 6.46. The maximum Gasteiger partial charge on any atom is 0.222 e. The molecule has 3 rings (SSSR count). The first kappa shape index (κ1) is 15.9. The molecular weight excluding hydrogens is 315 g/mol. The van der Waals surface area contributed by atoms with E-state index in [1.165, 1.54) is 12.1 Å². The minimum absolute atomic E-state index is 0.207. The average molecular weight is 334 g/mol. The Morgan fingerprint density at radius 3 is 2.52 bits per heavy atom. The number of piperazine rings is 1. The van der Waals surface area contributed by atoms with Gasteiger partial charge in [0.25, 0.3) is 0 Å². The first-order chi connectivity index (χ1) is 11.2. The van der Waals surface area contributed by atoms with Gasteiger partial charge in [0.15, 0.2) is 0 Å². The lowest BCUT2D eigenvalue weighted by Crippen LogP contribution is -2.48. The molecule has 1 aliphatic heterocycles. The maximum atomic E-state index is 12.9. The van der Waals surface area contributed by atoms with Crippen LogP contribution in [-0.4, -0.2) is 47.2 Å². The minimum atomic E-state index is -0.230. The van der Waals surface area contributed by atoms with Crippen molar-refractivity contribution in [2.75, 3.05) is 31.1 Å². The number of aromatic nitrogens is 2. The normalized spacial score (nSPS) is 15.0. The summed E-state index contributed by atoms with van der Waals surface area (Å²) < 4.78 is 12.9. The number of carbonyl (C=O) groups is 1. The molecule has 1 fully saturated rings. The zero-order valence-electron chi connectivity index (χ0n) is 13.0. The number of amides is 1. The van der Waals surface area contributed by atoms with Crippen LogP contribution < -0.4 is 4.90 Å². The molecule has 1 aliphatic rings. The highest BCUT2D eigenvalue weighted by molar-refractivity contribution is 7.15. The summed E-state index contributed by atoms with van der Waals surface area (Å²) >= 11 is 1.56. The highest BCUT2D eigenvalue weighted by Crippen LogP contribution is 2.23. The quantitative estimate of drug-likeness (QED) is 0.861. The molecule has 0 spiro atoms. The van der Waals surface area contributed by atoms with E-state index in [9.17, 15) is 9.18 Å². The number of benzene rings is 1. The molecule has 2 aromatic rings. The first-order valence-electron chi connectivity index (χ1n) is 7.75. The second kappa shape index (κ2) is 7.04. The van der Waals surface area contributed by atoms with Crippen LogP contribution in [0.2, 0.25) is 0 Å². The first-order valence-corrected chi connectivity index (χ1v) is 8.57. The van der Waals surface area contributed by atoms with Crippen molar-refractivity contribution in [2.24, 2.45) is 0 Å². The molecule has 0 bridgehead atoms. The van der Waals surface area contributed by atoms with E-state index in [0.29, 0.717) is 12.8 Å². The molecule has 0 radical (unpaired) electrons. The van der Waals surface area contributed by atoms with E-state index in [-0.39, 0.29) is 11.7 Å². The highest BCUT2D eigenvalue weighted by Gasteiger charge is 2.22. The number of nitrogens with zero attached hydrogens (tertiary/aromatic N) is 4. The van der Waals surface area contributed by atoms with Gasteiger partial charge in [0.2, 0.25) is 11.0 Å². The number of hydrogen-bond donors (Lipinski definition) is 0. The van der Waals surface area contributed by atoms with Gasteiger partial charge in [0.05, 0.1) is 0 Å². The van der Waals surface area contributed by atoms with E-state index in [2.05, 4.69) is 15.1 Å². The Kier molecular flexibility index (Phi) is 4.85. The van der Waals surface area contributed by atoms with Gasteiger partial charge in [-0.25, -0.2) is 4.39 Å². The van der Waals surface area contributed by atoms with Gasteiger partial charge in [0.1, 0.15) is 10.8 Å². The lowest BCUT2D eigenvalue weighted by molar-refractivity contribution is -0.131. The van der Waals surface area contributed by atoms with Crippen molar-refractivity contribution < 1.29 is 9.18 Å². The van der Waals surface area contributed by atoms with Crippen molar-refractivity contribution in [3.63, 3.8) is 0 Å². The van der Waals surface area contributed by atoms with Crippen molar-refractivity contribution in [2.45, 2.75) is 19.8 Å². The molecular formula is C16H19FN4OS. The van der Waals surface area contributed by atoms with Gasteiger partial charge in [-0.1, -0.05) is 30.4 Å². The predicted octanol–water partition coefficient (Wildman–Crippen LogP) is 2.33. The lowest BCUT2D eigenvalue weighted by atomic mass is 10.2. The van der Waals surface area contributed by atoms with Crippen LogP contribution >= 0.6 is 11.3 Å². The maximum absolute atomic E-state index is 12.9. The molecule has 2 heterocycles. The summed E-state index contributed by atoms with van der Waals surface area (Å²) in [5.74, 6) is -0.0230. The summed E-state index contributed by atoms with van der Waals surface area (Å²) in [4.78, 5) is 15.8.